The van der Waals surface area contributed by atoms with E-state index in [0.717, 1.165) is 18.5 Å². The van der Waals surface area contributed by atoms with Gasteiger partial charge in [0.1, 0.15) is 11.9 Å². The lowest BCUT2D eigenvalue weighted by atomic mass is 10.2. The molecule has 0 radical (unpaired) electrons. The average molecular weight is 274 g/mol. The fraction of sp³-hybridized carbons (Fsp3) is 0. The molecule has 2 aromatic rings. The van der Waals surface area contributed by atoms with Gasteiger partial charge in [-0.3, -0.25) is 4.79 Å². The predicted molar refractivity (Wildman–Crippen MR) is 64.6 cm³/mol. The maximum Gasteiger partial charge on any atom is 0.354 e. The van der Waals surface area contributed by atoms with Gasteiger partial charge in [-0.15, -0.1) is 0 Å². The average Bonchev–Trinajstić information content (AvgIpc) is 2.90. The fourth-order valence-corrected chi connectivity index (χ4v) is 1.53. The number of nitriles is 1. The topological polar surface area (TPSA) is 119 Å². The number of H-pyrrole nitrogens is 1. The SMILES string of the molecule is N#Cc1cc(F)ccc1NC(=O)c1nc[nH]c1C(=O)O. The van der Waals surface area contributed by atoms with E-state index in [-0.39, 0.29) is 22.6 Å². The lowest BCUT2D eigenvalue weighted by Gasteiger charge is -2.06. The molecule has 1 aromatic heterocycles. The van der Waals surface area contributed by atoms with Crippen molar-refractivity contribution >= 4 is 17.6 Å². The second-order valence-corrected chi connectivity index (χ2v) is 3.69. The molecule has 1 heterocycles. The van der Waals surface area contributed by atoms with Gasteiger partial charge in [0.2, 0.25) is 0 Å². The number of rotatable bonds is 3. The summed E-state index contributed by atoms with van der Waals surface area (Å²) < 4.78 is 13.0. The van der Waals surface area contributed by atoms with E-state index in [9.17, 15) is 14.0 Å². The summed E-state index contributed by atoms with van der Waals surface area (Å²) in [6, 6.07) is 4.96. The van der Waals surface area contributed by atoms with Gasteiger partial charge in [0.25, 0.3) is 5.91 Å². The second kappa shape index (κ2) is 5.19. The summed E-state index contributed by atoms with van der Waals surface area (Å²) in [6.45, 7) is 0. The maximum atomic E-state index is 13.0. The fourth-order valence-electron chi connectivity index (χ4n) is 1.53. The molecular formula is C12H7FN4O3. The van der Waals surface area contributed by atoms with Crippen LogP contribution in [0.15, 0.2) is 24.5 Å². The molecule has 20 heavy (non-hydrogen) atoms. The standard InChI is InChI=1S/C12H7FN4O3/c13-7-1-2-8(6(3-7)4-14)17-11(18)9-10(12(19)20)16-5-15-9/h1-3,5H,(H,15,16)(H,17,18)(H,19,20). The van der Waals surface area contributed by atoms with E-state index in [4.69, 9.17) is 10.4 Å². The third-order valence-electron chi connectivity index (χ3n) is 2.42. The van der Waals surface area contributed by atoms with E-state index in [0.29, 0.717) is 0 Å². The Hall–Kier alpha value is -3.21. The highest BCUT2D eigenvalue weighted by Crippen LogP contribution is 2.17. The van der Waals surface area contributed by atoms with Gasteiger partial charge in [0, 0.05) is 0 Å². The van der Waals surface area contributed by atoms with Gasteiger partial charge >= 0.3 is 5.97 Å². The first kappa shape index (κ1) is 13.2. The summed E-state index contributed by atoms with van der Waals surface area (Å²) >= 11 is 0. The highest BCUT2D eigenvalue weighted by atomic mass is 19.1. The summed E-state index contributed by atoms with van der Waals surface area (Å²) in [5.74, 6) is -2.77. The molecule has 0 saturated carbocycles. The third kappa shape index (κ3) is 2.46. The monoisotopic (exact) mass is 274 g/mol. The Kier molecular flexibility index (Phi) is 3.43. The first-order valence-electron chi connectivity index (χ1n) is 5.30. The Morgan fingerprint density at radius 2 is 2.20 bits per heavy atom. The van der Waals surface area contributed by atoms with Crippen LogP contribution in [0.1, 0.15) is 26.5 Å². The Labute approximate surface area is 111 Å². The summed E-state index contributed by atoms with van der Waals surface area (Å²) in [6.07, 6.45) is 1.06. The Balaban J connectivity index is 2.31. The molecule has 8 heteroatoms. The van der Waals surface area contributed by atoms with Gasteiger partial charge in [-0.25, -0.2) is 14.2 Å². The first-order valence-corrected chi connectivity index (χ1v) is 5.30. The molecule has 3 N–H and O–H groups in total. The minimum atomic E-state index is -1.34. The van der Waals surface area contributed by atoms with Gasteiger partial charge < -0.3 is 15.4 Å². The van der Waals surface area contributed by atoms with Crippen molar-refractivity contribution in [2.75, 3.05) is 5.32 Å². The normalized spacial score (nSPS) is 9.80. The van der Waals surface area contributed by atoms with E-state index in [1.165, 1.54) is 6.07 Å². The lowest BCUT2D eigenvalue weighted by molar-refractivity contribution is 0.0686. The number of anilines is 1. The van der Waals surface area contributed by atoms with E-state index < -0.39 is 17.7 Å². The molecule has 0 fully saturated rings. The number of aromatic amines is 1. The van der Waals surface area contributed by atoms with Crippen LogP contribution >= 0.6 is 0 Å². The van der Waals surface area contributed by atoms with Crippen molar-refractivity contribution in [2.24, 2.45) is 0 Å². The van der Waals surface area contributed by atoms with Crippen molar-refractivity contribution < 1.29 is 19.1 Å². The number of hydrogen-bond donors (Lipinski definition) is 3. The van der Waals surface area contributed by atoms with Crippen LogP contribution in [0.2, 0.25) is 0 Å². The molecule has 1 aromatic carbocycles. The molecule has 2 rings (SSSR count). The molecule has 0 unspecified atom stereocenters. The van der Waals surface area contributed by atoms with Crippen LogP contribution in [-0.4, -0.2) is 27.0 Å². The molecule has 0 aliphatic rings. The number of hydrogen-bond acceptors (Lipinski definition) is 4. The van der Waals surface area contributed by atoms with Crippen molar-refractivity contribution in [3.63, 3.8) is 0 Å². The largest absolute Gasteiger partial charge is 0.477 e. The highest BCUT2D eigenvalue weighted by molar-refractivity contribution is 6.09. The maximum absolute atomic E-state index is 13.0. The lowest BCUT2D eigenvalue weighted by Crippen LogP contribution is -2.17. The summed E-state index contributed by atoms with van der Waals surface area (Å²) in [5, 5.41) is 20.0. The van der Waals surface area contributed by atoms with Gasteiger partial charge in [0.05, 0.1) is 17.6 Å². The highest BCUT2D eigenvalue weighted by Gasteiger charge is 2.20. The smallest absolute Gasteiger partial charge is 0.354 e. The minimum absolute atomic E-state index is 0.0678. The molecule has 0 spiro atoms. The molecule has 0 aliphatic carbocycles. The van der Waals surface area contributed by atoms with Crippen molar-refractivity contribution in [3.8, 4) is 6.07 Å². The number of aromatic carboxylic acids is 1. The summed E-state index contributed by atoms with van der Waals surface area (Å²) in [4.78, 5) is 28.7. The quantitative estimate of drug-likeness (QED) is 0.781. The van der Waals surface area contributed by atoms with Crippen LogP contribution in [0.4, 0.5) is 10.1 Å². The first-order chi connectivity index (χ1) is 9.52. The number of carboxylic acids is 1. The van der Waals surface area contributed by atoms with Crippen LogP contribution in [0.3, 0.4) is 0 Å². The summed E-state index contributed by atoms with van der Waals surface area (Å²) in [7, 11) is 0. The second-order valence-electron chi connectivity index (χ2n) is 3.69. The van der Waals surface area contributed by atoms with Crippen LogP contribution in [0.5, 0.6) is 0 Å². The molecule has 0 aliphatic heterocycles. The van der Waals surface area contributed by atoms with E-state index in [1.807, 2.05) is 0 Å². The van der Waals surface area contributed by atoms with Crippen LogP contribution in [-0.2, 0) is 0 Å². The summed E-state index contributed by atoms with van der Waals surface area (Å²) in [5.41, 5.74) is -0.710. The van der Waals surface area contributed by atoms with Crippen molar-refractivity contribution in [3.05, 3.63) is 47.3 Å². The zero-order chi connectivity index (χ0) is 14.7. The Bertz CT molecular complexity index is 733. The van der Waals surface area contributed by atoms with E-state index >= 15 is 0 Å². The molecule has 100 valence electrons. The Morgan fingerprint density at radius 1 is 1.45 bits per heavy atom. The Morgan fingerprint density at radius 3 is 2.85 bits per heavy atom. The van der Waals surface area contributed by atoms with Crippen LogP contribution in [0.25, 0.3) is 0 Å². The number of carbonyl (C=O) groups excluding carboxylic acids is 1. The van der Waals surface area contributed by atoms with Gasteiger partial charge in [-0.2, -0.15) is 5.26 Å². The number of nitrogens with one attached hydrogen (secondary N) is 2. The molecule has 7 nitrogen and oxygen atoms in total. The van der Waals surface area contributed by atoms with E-state index in [1.54, 1.807) is 6.07 Å². The molecule has 0 atom stereocenters. The van der Waals surface area contributed by atoms with Crippen molar-refractivity contribution in [1.82, 2.24) is 9.97 Å². The molecular weight excluding hydrogens is 267 g/mol. The number of halogens is 1. The number of carboxylic acid groups (broad SMARTS) is 1. The van der Waals surface area contributed by atoms with Crippen molar-refractivity contribution in [2.45, 2.75) is 0 Å². The van der Waals surface area contributed by atoms with Crippen molar-refractivity contribution in [1.29, 1.82) is 5.26 Å². The van der Waals surface area contributed by atoms with E-state index in [2.05, 4.69) is 15.3 Å². The molecule has 0 saturated heterocycles. The number of nitrogens with zero attached hydrogens (tertiary/aromatic N) is 2. The predicted octanol–water partition coefficient (Wildman–Crippen LogP) is 1.37. The minimum Gasteiger partial charge on any atom is -0.477 e. The van der Waals surface area contributed by atoms with Crippen LogP contribution < -0.4 is 5.32 Å². The third-order valence-corrected chi connectivity index (χ3v) is 2.42. The zero-order valence-corrected chi connectivity index (χ0v) is 9.85. The van der Waals surface area contributed by atoms with Gasteiger partial charge in [-0.1, -0.05) is 0 Å². The number of benzene rings is 1. The number of imidazole rings is 1. The number of amides is 1. The van der Waals surface area contributed by atoms with Crippen LogP contribution in [0, 0.1) is 17.1 Å². The number of aromatic nitrogens is 2. The van der Waals surface area contributed by atoms with Gasteiger partial charge in [-0.05, 0) is 18.2 Å². The number of carbonyl (C=O) groups is 2. The molecule has 0 bridgehead atoms. The molecule has 1 amide bonds. The zero-order valence-electron chi connectivity index (χ0n) is 9.85. The van der Waals surface area contributed by atoms with Gasteiger partial charge in [0.15, 0.2) is 11.4 Å².